The lowest BCUT2D eigenvalue weighted by Crippen LogP contribution is -2.41. The Morgan fingerprint density at radius 2 is 1.93 bits per heavy atom. The molecule has 1 aliphatic rings. The molecule has 1 rings (SSSR count). The fraction of sp³-hybridized carbons (Fsp3) is 1.00. The van der Waals surface area contributed by atoms with Crippen LogP contribution >= 0.6 is 0 Å². The molecule has 1 heterocycles. The molecule has 0 saturated carbocycles. The Balaban J connectivity index is 2.19. The second-order valence-corrected chi connectivity index (χ2v) is 5.01. The van der Waals surface area contributed by atoms with Crippen molar-refractivity contribution in [2.75, 3.05) is 33.4 Å². The molecule has 1 saturated heterocycles. The number of piperidine rings is 1. The Bertz CT molecular complexity index is 165. The third kappa shape index (κ3) is 4.49. The van der Waals surface area contributed by atoms with Gasteiger partial charge in [-0.3, -0.25) is 0 Å². The minimum Gasteiger partial charge on any atom is -0.392 e. The van der Waals surface area contributed by atoms with E-state index in [4.69, 9.17) is 4.74 Å². The molecular formula is C12H25NO2. The molecule has 0 aromatic carbocycles. The van der Waals surface area contributed by atoms with Gasteiger partial charge >= 0.3 is 0 Å². The van der Waals surface area contributed by atoms with Gasteiger partial charge in [0.1, 0.15) is 0 Å². The van der Waals surface area contributed by atoms with Gasteiger partial charge < -0.3 is 14.7 Å². The highest BCUT2D eigenvalue weighted by molar-refractivity contribution is 4.75. The van der Waals surface area contributed by atoms with Crippen LogP contribution in [0.3, 0.4) is 0 Å². The molecule has 0 aromatic heterocycles. The first kappa shape index (κ1) is 12.9. The monoisotopic (exact) mass is 215 g/mol. The van der Waals surface area contributed by atoms with Gasteiger partial charge in [0.15, 0.2) is 0 Å². The van der Waals surface area contributed by atoms with Crippen LogP contribution in [0.1, 0.15) is 26.7 Å². The molecular weight excluding hydrogens is 190 g/mol. The smallest absolute Gasteiger partial charge is 0.0689 e. The van der Waals surface area contributed by atoms with E-state index in [0.29, 0.717) is 5.92 Å². The van der Waals surface area contributed by atoms with Crippen molar-refractivity contribution >= 4 is 0 Å². The van der Waals surface area contributed by atoms with Crippen molar-refractivity contribution in [3.05, 3.63) is 0 Å². The average Bonchev–Trinajstić information content (AvgIpc) is 2.21. The first-order valence-corrected chi connectivity index (χ1v) is 6.02. The van der Waals surface area contributed by atoms with Gasteiger partial charge in [0.2, 0.25) is 0 Å². The molecule has 1 fully saturated rings. The van der Waals surface area contributed by atoms with E-state index in [2.05, 4.69) is 18.7 Å². The van der Waals surface area contributed by atoms with Crippen LogP contribution in [-0.4, -0.2) is 49.5 Å². The van der Waals surface area contributed by atoms with Gasteiger partial charge in [-0.05, 0) is 37.8 Å². The van der Waals surface area contributed by atoms with E-state index in [1.165, 1.54) is 12.8 Å². The van der Waals surface area contributed by atoms with E-state index in [1.807, 2.05) is 0 Å². The van der Waals surface area contributed by atoms with Gasteiger partial charge in [0.05, 0.1) is 6.10 Å². The zero-order chi connectivity index (χ0) is 11.3. The summed E-state index contributed by atoms with van der Waals surface area (Å²) in [6.45, 7) is 8.08. The zero-order valence-electron chi connectivity index (χ0n) is 10.3. The SMILES string of the molecule is COCC1CCN(CC(O)C(C)C)CC1. The molecule has 1 N–H and O–H groups in total. The number of β-amino-alcohol motifs (C(OH)–C–C–N with tert-alkyl or cyclic N) is 1. The lowest BCUT2D eigenvalue weighted by atomic mass is 9.97. The molecule has 1 aliphatic heterocycles. The third-order valence-corrected chi connectivity index (χ3v) is 3.32. The van der Waals surface area contributed by atoms with Crippen molar-refractivity contribution in [2.24, 2.45) is 11.8 Å². The molecule has 3 heteroatoms. The van der Waals surface area contributed by atoms with Crippen molar-refractivity contribution in [1.29, 1.82) is 0 Å². The van der Waals surface area contributed by atoms with Crippen molar-refractivity contribution in [3.8, 4) is 0 Å². The van der Waals surface area contributed by atoms with E-state index in [-0.39, 0.29) is 6.10 Å². The maximum absolute atomic E-state index is 9.78. The van der Waals surface area contributed by atoms with E-state index < -0.39 is 0 Å². The summed E-state index contributed by atoms with van der Waals surface area (Å²) < 4.78 is 5.17. The van der Waals surface area contributed by atoms with Crippen LogP contribution in [0, 0.1) is 11.8 Å². The first-order valence-electron chi connectivity index (χ1n) is 6.02. The Morgan fingerprint density at radius 3 is 2.40 bits per heavy atom. The quantitative estimate of drug-likeness (QED) is 0.751. The number of hydrogen-bond donors (Lipinski definition) is 1. The molecule has 90 valence electrons. The molecule has 0 amide bonds. The van der Waals surface area contributed by atoms with Crippen LogP contribution in [0.2, 0.25) is 0 Å². The van der Waals surface area contributed by atoms with Crippen LogP contribution in [0.25, 0.3) is 0 Å². The average molecular weight is 215 g/mol. The predicted octanol–water partition coefficient (Wildman–Crippen LogP) is 1.36. The Hall–Kier alpha value is -0.120. The van der Waals surface area contributed by atoms with Crippen molar-refractivity contribution in [3.63, 3.8) is 0 Å². The number of hydrogen-bond acceptors (Lipinski definition) is 3. The highest BCUT2D eigenvalue weighted by atomic mass is 16.5. The summed E-state index contributed by atoms with van der Waals surface area (Å²) in [4.78, 5) is 2.37. The molecule has 15 heavy (non-hydrogen) atoms. The summed E-state index contributed by atoms with van der Waals surface area (Å²) in [5.74, 6) is 1.09. The van der Waals surface area contributed by atoms with E-state index in [0.717, 1.165) is 32.2 Å². The summed E-state index contributed by atoms with van der Waals surface area (Å²) >= 11 is 0. The molecule has 0 radical (unpaired) electrons. The lowest BCUT2D eigenvalue weighted by molar-refractivity contribution is 0.0472. The number of likely N-dealkylation sites (tertiary alicyclic amines) is 1. The Morgan fingerprint density at radius 1 is 1.33 bits per heavy atom. The van der Waals surface area contributed by atoms with Crippen molar-refractivity contribution in [2.45, 2.75) is 32.8 Å². The maximum atomic E-state index is 9.78. The Labute approximate surface area is 93.4 Å². The minimum absolute atomic E-state index is 0.177. The highest BCUT2D eigenvalue weighted by Gasteiger charge is 2.21. The van der Waals surface area contributed by atoms with Crippen LogP contribution in [0.5, 0.6) is 0 Å². The maximum Gasteiger partial charge on any atom is 0.0689 e. The first-order chi connectivity index (χ1) is 7.13. The lowest BCUT2D eigenvalue weighted by Gasteiger charge is -2.33. The fourth-order valence-corrected chi connectivity index (χ4v) is 2.05. The van der Waals surface area contributed by atoms with Gasteiger partial charge in [-0.25, -0.2) is 0 Å². The van der Waals surface area contributed by atoms with E-state index in [1.54, 1.807) is 7.11 Å². The second kappa shape index (κ2) is 6.46. The van der Waals surface area contributed by atoms with Crippen LogP contribution < -0.4 is 0 Å². The molecule has 1 atom stereocenters. The third-order valence-electron chi connectivity index (χ3n) is 3.32. The van der Waals surface area contributed by atoms with Crippen LogP contribution in [-0.2, 0) is 4.74 Å². The number of nitrogens with zero attached hydrogens (tertiary/aromatic N) is 1. The molecule has 0 aliphatic carbocycles. The fourth-order valence-electron chi connectivity index (χ4n) is 2.05. The molecule has 0 bridgehead atoms. The summed E-state index contributed by atoms with van der Waals surface area (Å²) in [7, 11) is 1.77. The van der Waals surface area contributed by atoms with E-state index >= 15 is 0 Å². The number of rotatable bonds is 5. The molecule has 1 unspecified atom stereocenters. The Kier molecular flexibility index (Phi) is 5.58. The van der Waals surface area contributed by atoms with Crippen LogP contribution in [0.4, 0.5) is 0 Å². The minimum atomic E-state index is -0.177. The van der Waals surface area contributed by atoms with Crippen molar-refractivity contribution in [1.82, 2.24) is 4.90 Å². The highest BCUT2D eigenvalue weighted by Crippen LogP contribution is 2.18. The number of aliphatic hydroxyl groups excluding tert-OH is 1. The van der Waals surface area contributed by atoms with Crippen molar-refractivity contribution < 1.29 is 9.84 Å². The van der Waals surface area contributed by atoms with Crippen LogP contribution in [0.15, 0.2) is 0 Å². The summed E-state index contributed by atoms with van der Waals surface area (Å²) in [5.41, 5.74) is 0. The molecule has 0 aromatic rings. The molecule has 0 spiro atoms. The van der Waals surface area contributed by atoms with Gasteiger partial charge in [-0.1, -0.05) is 13.8 Å². The predicted molar refractivity (Wildman–Crippen MR) is 61.9 cm³/mol. The van der Waals surface area contributed by atoms with Gasteiger partial charge in [-0.15, -0.1) is 0 Å². The normalized spacial score (nSPS) is 22.2. The second-order valence-electron chi connectivity index (χ2n) is 5.01. The summed E-state index contributed by atoms with van der Waals surface area (Å²) in [5, 5.41) is 9.78. The van der Waals surface area contributed by atoms with Gasteiger partial charge in [0.25, 0.3) is 0 Å². The standard InChI is InChI=1S/C12H25NO2/c1-10(2)12(14)8-13-6-4-11(5-7-13)9-15-3/h10-12,14H,4-9H2,1-3H3. The summed E-state index contributed by atoms with van der Waals surface area (Å²) in [6, 6.07) is 0. The summed E-state index contributed by atoms with van der Waals surface area (Å²) in [6.07, 6.45) is 2.24. The topological polar surface area (TPSA) is 32.7 Å². The van der Waals surface area contributed by atoms with E-state index in [9.17, 15) is 5.11 Å². The number of aliphatic hydroxyl groups is 1. The number of methoxy groups -OCH3 is 1. The largest absolute Gasteiger partial charge is 0.392 e. The molecule has 3 nitrogen and oxygen atoms in total. The zero-order valence-corrected chi connectivity index (χ0v) is 10.3. The van der Waals surface area contributed by atoms with Gasteiger partial charge in [0, 0.05) is 20.3 Å². The number of ether oxygens (including phenoxy) is 1. The van der Waals surface area contributed by atoms with Gasteiger partial charge in [-0.2, -0.15) is 0 Å².